The van der Waals surface area contributed by atoms with E-state index < -0.39 is 17.8 Å². The van der Waals surface area contributed by atoms with Crippen LogP contribution in [0, 0.1) is 24.7 Å². The molecule has 20 heavy (non-hydrogen) atoms. The van der Waals surface area contributed by atoms with Gasteiger partial charge in [0.05, 0.1) is 29.6 Å². The van der Waals surface area contributed by atoms with Crippen LogP contribution in [0.15, 0.2) is 5.51 Å². The van der Waals surface area contributed by atoms with Gasteiger partial charge in [-0.1, -0.05) is 13.3 Å². The third-order valence-corrected chi connectivity index (χ3v) is 5.09. The van der Waals surface area contributed by atoms with Gasteiger partial charge in [0.2, 0.25) is 5.91 Å². The van der Waals surface area contributed by atoms with E-state index in [9.17, 15) is 14.7 Å². The second kappa shape index (κ2) is 6.35. The van der Waals surface area contributed by atoms with Crippen LogP contribution in [0.4, 0.5) is 0 Å². The minimum Gasteiger partial charge on any atom is -0.481 e. The van der Waals surface area contributed by atoms with Gasteiger partial charge >= 0.3 is 5.97 Å². The smallest absolute Gasteiger partial charge is 0.307 e. The van der Waals surface area contributed by atoms with Gasteiger partial charge in [0.25, 0.3) is 0 Å². The second-order valence-electron chi connectivity index (χ2n) is 5.38. The topological polar surface area (TPSA) is 79.3 Å². The minimum absolute atomic E-state index is 0.138. The third kappa shape index (κ3) is 3.17. The van der Waals surface area contributed by atoms with Crippen LogP contribution in [0.5, 0.6) is 0 Å². The molecular weight excluding hydrogens is 276 g/mol. The van der Waals surface area contributed by atoms with Gasteiger partial charge in [0, 0.05) is 4.88 Å². The monoisotopic (exact) mass is 296 g/mol. The van der Waals surface area contributed by atoms with E-state index in [0.29, 0.717) is 25.3 Å². The summed E-state index contributed by atoms with van der Waals surface area (Å²) in [6.45, 7) is 4.39. The normalized spacial score (nSPS) is 25.6. The molecule has 1 saturated carbocycles. The van der Waals surface area contributed by atoms with Gasteiger partial charge in [-0.3, -0.25) is 9.59 Å². The number of carboxylic acids is 1. The number of hydrogen-bond acceptors (Lipinski definition) is 4. The van der Waals surface area contributed by atoms with E-state index in [1.807, 2.05) is 13.8 Å². The zero-order chi connectivity index (χ0) is 14.7. The van der Waals surface area contributed by atoms with Crippen LogP contribution >= 0.6 is 11.3 Å². The molecule has 0 aliphatic heterocycles. The molecule has 0 spiro atoms. The Balaban J connectivity index is 1.97. The van der Waals surface area contributed by atoms with Crippen molar-refractivity contribution in [3.05, 3.63) is 16.1 Å². The first-order valence-electron chi connectivity index (χ1n) is 6.92. The van der Waals surface area contributed by atoms with E-state index in [4.69, 9.17) is 0 Å². The summed E-state index contributed by atoms with van der Waals surface area (Å²) in [5, 5.41) is 12.1. The Bertz CT molecular complexity index is 500. The molecule has 0 bridgehead atoms. The molecule has 1 amide bonds. The predicted molar refractivity (Wildman–Crippen MR) is 76.3 cm³/mol. The third-order valence-electron chi connectivity index (χ3n) is 4.16. The molecule has 5 nitrogen and oxygen atoms in total. The van der Waals surface area contributed by atoms with Crippen LogP contribution in [0.3, 0.4) is 0 Å². The number of aryl methyl sites for hydroxylation is 1. The lowest BCUT2D eigenvalue weighted by molar-refractivity contribution is -0.146. The average Bonchev–Trinajstić information content (AvgIpc) is 3.02. The van der Waals surface area contributed by atoms with Crippen molar-refractivity contribution in [3.8, 4) is 0 Å². The lowest BCUT2D eigenvalue weighted by Crippen LogP contribution is -2.34. The summed E-state index contributed by atoms with van der Waals surface area (Å²) in [6, 6.07) is 0. The summed E-state index contributed by atoms with van der Waals surface area (Å²) >= 11 is 1.50. The highest BCUT2D eigenvalue weighted by atomic mass is 32.1. The maximum absolute atomic E-state index is 12.2. The van der Waals surface area contributed by atoms with E-state index in [0.717, 1.165) is 17.0 Å². The second-order valence-corrected chi connectivity index (χ2v) is 6.31. The summed E-state index contributed by atoms with van der Waals surface area (Å²) in [5.41, 5.74) is 2.67. The fourth-order valence-electron chi connectivity index (χ4n) is 2.83. The summed E-state index contributed by atoms with van der Waals surface area (Å²) < 4.78 is 0. The summed E-state index contributed by atoms with van der Waals surface area (Å²) in [7, 11) is 0. The van der Waals surface area contributed by atoms with Gasteiger partial charge < -0.3 is 10.4 Å². The maximum atomic E-state index is 12.2. The first-order chi connectivity index (χ1) is 9.52. The first-order valence-corrected chi connectivity index (χ1v) is 7.80. The Kier molecular flexibility index (Phi) is 4.75. The number of aromatic nitrogens is 1. The van der Waals surface area contributed by atoms with E-state index in [1.54, 1.807) is 5.51 Å². The molecule has 3 atom stereocenters. The number of thiazole rings is 1. The van der Waals surface area contributed by atoms with E-state index >= 15 is 0 Å². The highest BCUT2D eigenvalue weighted by Crippen LogP contribution is 2.38. The lowest BCUT2D eigenvalue weighted by Gasteiger charge is -2.15. The number of amides is 1. The Morgan fingerprint density at radius 3 is 2.70 bits per heavy atom. The molecule has 0 aromatic carbocycles. The highest BCUT2D eigenvalue weighted by Gasteiger charge is 2.41. The molecule has 6 heteroatoms. The SMILES string of the molecule is CCC1CC(C(=O)O)C(C(=O)NCc2scnc2C)C1. The highest BCUT2D eigenvalue weighted by molar-refractivity contribution is 7.09. The minimum atomic E-state index is -0.852. The number of hydrogen-bond donors (Lipinski definition) is 2. The molecule has 3 unspecified atom stereocenters. The van der Waals surface area contributed by atoms with Crippen molar-refractivity contribution in [2.24, 2.45) is 17.8 Å². The molecule has 1 aromatic heterocycles. The predicted octanol–water partition coefficient (Wildman–Crippen LogP) is 2.20. The number of carbonyl (C=O) groups excluding carboxylic acids is 1. The van der Waals surface area contributed by atoms with Crippen molar-refractivity contribution >= 4 is 23.2 Å². The lowest BCUT2D eigenvalue weighted by atomic mass is 9.95. The molecule has 1 fully saturated rings. The summed E-state index contributed by atoms with van der Waals surface area (Å²) in [4.78, 5) is 28.7. The Hall–Kier alpha value is -1.43. The van der Waals surface area contributed by atoms with Crippen molar-refractivity contribution < 1.29 is 14.7 Å². The van der Waals surface area contributed by atoms with Crippen LogP contribution in [0.2, 0.25) is 0 Å². The maximum Gasteiger partial charge on any atom is 0.307 e. The molecule has 1 heterocycles. The fraction of sp³-hybridized carbons (Fsp3) is 0.643. The molecule has 2 rings (SSSR count). The Labute approximate surface area is 122 Å². The summed E-state index contributed by atoms with van der Waals surface area (Å²) in [6.07, 6.45) is 2.23. The largest absolute Gasteiger partial charge is 0.481 e. The van der Waals surface area contributed by atoms with E-state index in [2.05, 4.69) is 10.3 Å². The number of carboxylic acid groups (broad SMARTS) is 1. The van der Waals surface area contributed by atoms with Gasteiger partial charge in [-0.05, 0) is 25.7 Å². The average molecular weight is 296 g/mol. The van der Waals surface area contributed by atoms with Crippen molar-refractivity contribution in [2.75, 3.05) is 0 Å². The number of rotatable bonds is 5. The van der Waals surface area contributed by atoms with Crippen LogP contribution < -0.4 is 5.32 Å². The summed E-state index contributed by atoms with van der Waals surface area (Å²) in [5.74, 6) is -1.58. The number of aliphatic carboxylic acids is 1. The quantitative estimate of drug-likeness (QED) is 0.873. The van der Waals surface area contributed by atoms with Gasteiger partial charge in [-0.25, -0.2) is 4.98 Å². The van der Waals surface area contributed by atoms with Crippen LogP contribution in [0.25, 0.3) is 0 Å². The molecular formula is C14H20N2O3S. The molecule has 2 N–H and O–H groups in total. The zero-order valence-electron chi connectivity index (χ0n) is 11.8. The zero-order valence-corrected chi connectivity index (χ0v) is 12.6. The van der Waals surface area contributed by atoms with E-state index in [-0.39, 0.29) is 5.91 Å². The molecule has 1 aromatic rings. The first kappa shape index (κ1) is 15.0. The number of nitrogens with one attached hydrogen (secondary N) is 1. The van der Waals surface area contributed by atoms with Gasteiger partial charge in [0.1, 0.15) is 0 Å². The van der Waals surface area contributed by atoms with Crippen LogP contribution in [-0.4, -0.2) is 22.0 Å². The van der Waals surface area contributed by atoms with Crippen molar-refractivity contribution in [1.82, 2.24) is 10.3 Å². The Morgan fingerprint density at radius 1 is 1.45 bits per heavy atom. The van der Waals surface area contributed by atoms with Crippen LogP contribution in [0.1, 0.15) is 36.8 Å². The molecule has 0 radical (unpaired) electrons. The van der Waals surface area contributed by atoms with Gasteiger partial charge in [-0.2, -0.15) is 0 Å². The molecule has 1 aliphatic rings. The van der Waals surface area contributed by atoms with Crippen LogP contribution in [-0.2, 0) is 16.1 Å². The number of nitrogens with zero attached hydrogens (tertiary/aromatic N) is 1. The molecule has 110 valence electrons. The fourth-order valence-corrected chi connectivity index (χ4v) is 3.55. The van der Waals surface area contributed by atoms with Crippen molar-refractivity contribution in [1.29, 1.82) is 0 Å². The van der Waals surface area contributed by atoms with E-state index in [1.165, 1.54) is 11.3 Å². The van der Waals surface area contributed by atoms with Crippen molar-refractivity contribution in [3.63, 3.8) is 0 Å². The standard InChI is InChI=1S/C14H20N2O3S/c1-3-9-4-10(11(5-9)14(18)19)13(17)15-6-12-8(2)16-7-20-12/h7,9-11H,3-6H2,1-2H3,(H,15,17)(H,18,19). The van der Waals surface area contributed by atoms with Crippen molar-refractivity contribution in [2.45, 2.75) is 39.7 Å². The van der Waals surface area contributed by atoms with Gasteiger partial charge in [-0.15, -0.1) is 11.3 Å². The molecule has 1 aliphatic carbocycles. The van der Waals surface area contributed by atoms with Gasteiger partial charge in [0.15, 0.2) is 0 Å². The Morgan fingerprint density at radius 2 is 2.15 bits per heavy atom. The molecule has 0 saturated heterocycles. The number of carbonyl (C=O) groups is 2.